The summed E-state index contributed by atoms with van der Waals surface area (Å²) in [6.45, 7) is 4.24. The molecule has 3 heterocycles. The highest BCUT2D eigenvalue weighted by atomic mass is 15.0. The monoisotopic (exact) mass is 242 g/mol. The molecule has 18 heavy (non-hydrogen) atoms. The standard InChI is InChI=1S/C14H18N4/c1-10-13(11-4-2-6-15-8-11)18-14(17-10)12-5-3-7-16-9-12/h2,4,6,8,12,16H,3,5,7,9H2,1H3,(H,17,18). The molecule has 4 nitrogen and oxygen atoms in total. The lowest BCUT2D eigenvalue weighted by atomic mass is 9.99. The largest absolute Gasteiger partial charge is 0.345 e. The van der Waals surface area contributed by atoms with Crippen molar-refractivity contribution >= 4 is 0 Å². The normalized spacial score (nSPS) is 19.9. The SMILES string of the molecule is Cc1[nH]c(C2CCCNC2)nc1-c1cccnc1. The zero-order valence-corrected chi connectivity index (χ0v) is 10.6. The van der Waals surface area contributed by atoms with Crippen LogP contribution in [-0.4, -0.2) is 28.0 Å². The van der Waals surface area contributed by atoms with Gasteiger partial charge in [0.1, 0.15) is 5.82 Å². The summed E-state index contributed by atoms with van der Waals surface area (Å²) in [5.74, 6) is 1.63. The van der Waals surface area contributed by atoms with Crippen LogP contribution in [0, 0.1) is 6.92 Å². The summed E-state index contributed by atoms with van der Waals surface area (Å²) in [4.78, 5) is 12.4. The minimum absolute atomic E-state index is 0.517. The van der Waals surface area contributed by atoms with Crippen LogP contribution >= 0.6 is 0 Å². The van der Waals surface area contributed by atoms with Gasteiger partial charge in [-0.05, 0) is 38.4 Å². The number of nitrogens with one attached hydrogen (secondary N) is 2. The highest BCUT2D eigenvalue weighted by Gasteiger charge is 2.19. The Balaban J connectivity index is 1.91. The maximum Gasteiger partial charge on any atom is 0.111 e. The Morgan fingerprint density at radius 3 is 3.06 bits per heavy atom. The molecule has 3 rings (SSSR count). The Morgan fingerprint density at radius 2 is 2.33 bits per heavy atom. The molecule has 1 aliphatic rings. The first-order valence-electron chi connectivity index (χ1n) is 6.52. The molecule has 94 valence electrons. The van der Waals surface area contributed by atoms with E-state index < -0.39 is 0 Å². The number of aromatic nitrogens is 3. The summed E-state index contributed by atoms with van der Waals surface area (Å²) >= 11 is 0. The lowest BCUT2D eigenvalue weighted by Crippen LogP contribution is -2.28. The van der Waals surface area contributed by atoms with Gasteiger partial charge in [-0.3, -0.25) is 4.98 Å². The maximum atomic E-state index is 4.77. The lowest BCUT2D eigenvalue weighted by molar-refractivity contribution is 0.448. The summed E-state index contributed by atoms with van der Waals surface area (Å²) in [5.41, 5.74) is 3.24. The van der Waals surface area contributed by atoms with Crippen molar-refractivity contribution in [2.24, 2.45) is 0 Å². The molecule has 0 aromatic carbocycles. The molecular weight excluding hydrogens is 224 g/mol. The minimum atomic E-state index is 0.517. The molecule has 4 heteroatoms. The molecule has 1 unspecified atom stereocenters. The molecule has 2 N–H and O–H groups in total. The zero-order chi connectivity index (χ0) is 12.4. The predicted molar refractivity (Wildman–Crippen MR) is 71.4 cm³/mol. The van der Waals surface area contributed by atoms with Crippen LogP contribution in [0.5, 0.6) is 0 Å². The van der Waals surface area contributed by atoms with Gasteiger partial charge in [-0.15, -0.1) is 0 Å². The molecule has 0 amide bonds. The predicted octanol–water partition coefficient (Wildman–Crippen LogP) is 2.25. The lowest BCUT2D eigenvalue weighted by Gasteiger charge is -2.20. The van der Waals surface area contributed by atoms with Crippen LogP contribution in [0.1, 0.15) is 30.3 Å². The van der Waals surface area contributed by atoms with E-state index in [2.05, 4.69) is 28.3 Å². The summed E-state index contributed by atoms with van der Waals surface area (Å²) in [6, 6.07) is 4.00. The van der Waals surface area contributed by atoms with Gasteiger partial charge in [-0.1, -0.05) is 0 Å². The van der Waals surface area contributed by atoms with E-state index in [0.29, 0.717) is 5.92 Å². The number of pyridine rings is 1. The van der Waals surface area contributed by atoms with E-state index in [4.69, 9.17) is 4.98 Å². The molecule has 1 atom stereocenters. The Labute approximate surface area is 107 Å². The molecule has 0 bridgehead atoms. The Hall–Kier alpha value is -1.68. The molecular formula is C14H18N4. The van der Waals surface area contributed by atoms with E-state index >= 15 is 0 Å². The third-order valence-electron chi connectivity index (χ3n) is 3.52. The number of hydrogen-bond donors (Lipinski definition) is 2. The van der Waals surface area contributed by atoms with E-state index in [1.54, 1.807) is 6.20 Å². The molecule has 1 aliphatic heterocycles. The fourth-order valence-electron chi connectivity index (χ4n) is 2.55. The number of aromatic amines is 1. The van der Waals surface area contributed by atoms with Gasteiger partial charge in [-0.2, -0.15) is 0 Å². The van der Waals surface area contributed by atoms with Gasteiger partial charge in [0.25, 0.3) is 0 Å². The second-order valence-corrected chi connectivity index (χ2v) is 4.88. The van der Waals surface area contributed by atoms with Gasteiger partial charge in [0.05, 0.1) is 5.69 Å². The highest BCUT2D eigenvalue weighted by Crippen LogP contribution is 2.26. The van der Waals surface area contributed by atoms with Crippen molar-refractivity contribution in [1.29, 1.82) is 0 Å². The van der Waals surface area contributed by atoms with E-state index in [9.17, 15) is 0 Å². The third kappa shape index (κ3) is 2.16. The van der Waals surface area contributed by atoms with Crippen LogP contribution in [0.4, 0.5) is 0 Å². The van der Waals surface area contributed by atoms with E-state index in [-0.39, 0.29) is 0 Å². The molecule has 2 aromatic rings. The summed E-state index contributed by atoms with van der Waals surface area (Å²) in [6.07, 6.45) is 6.10. The van der Waals surface area contributed by atoms with Crippen molar-refractivity contribution in [2.75, 3.05) is 13.1 Å². The molecule has 0 radical (unpaired) electrons. The van der Waals surface area contributed by atoms with Gasteiger partial charge in [0.2, 0.25) is 0 Å². The molecule has 0 spiro atoms. The van der Waals surface area contributed by atoms with Crippen LogP contribution in [0.25, 0.3) is 11.3 Å². The van der Waals surface area contributed by atoms with E-state index in [0.717, 1.165) is 35.9 Å². The van der Waals surface area contributed by atoms with Crippen molar-refractivity contribution in [3.8, 4) is 11.3 Å². The highest BCUT2D eigenvalue weighted by molar-refractivity contribution is 5.60. The molecule has 2 aromatic heterocycles. The smallest absolute Gasteiger partial charge is 0.111 e. The van der Waals surface area contributed by atoms with Crippen LogP contribution < -0.4 is 5.32 Å². The van der Waals surface area contributed by atoms with Gasteiger partial charge in [-0.25, -0.2) is 4.98 Å². The zero-order valence-electron chi connectivity index (χ0n) is 10.6. The molecule has 0 aliphatic carbocycles. The first kappa shape index (κ1) is 11.4. The number of aryl methyl sites for hydroxylation is 1. The average molecular weight is 242 g/mol. The van der Waals surface area contributed by atoms with Crippen molar-refractivity contribution in [3.63, 3.8) is 0 Å². The van der Waals surface area contributed by atoms with Crippen molar-refractivity contribution in [1.82, 2.24) is 20.3 Å². The first-order chi connectivity index (χ1) is 8.84. The molecule has 1 fully saturated rings. The quantitative estimate of drug-likeness (QED) is 0.849. The van der Waals surface area contributed by atoms with Crippen LogP contribution in [0.3, 0.4) is 0 Å². The minimum Gasteiger partial charge on any atom is -0.345 e. The van der Waals surface area contributed by atoms with Crippen molar-refractivity contribution in [2.45, 2.75) is 25.7 Å². The number of imidazole rings is 1. The average Bonchev–Trinajstić information content (AvgIpc) is 2.83. The van der Waals surface area contributed by atoms with Gasteiger partial charge < -0.3 is 10.3 Å². The Bertz CT molecular complexity index is 512. The van der Waals surface area contributed by atoms with Crippen molar-refractivity contribution in [3.05, 3.63) is 36.0 Å². The number of H-pyrrole nitrogens is 1. The molecule has 1 saturated heterocycles. The van der Waals surface area contributed by atoms with Gasteiger partial charge >= 0.3 is 0 Å². The summed E-state index contributed by atoms with van der Waals surface area (Å²) < 4.78 is 0. The topological polar surface area (TPSA) is 53.6 Å². The fraction of sp³-hybridized carbons (Fsp3) is 0.429. The van der Waals surface area contributed by atoms with Crippen molar-refractivity contribution < 1.29 is 0 Å². The number of rotatable bonds is 2. The maximum absolute atomic E-state index is 4.77. The fourth-order valence-corrected chi connectivity index (χ4v) is 2.55. The molecule has 0 saturated carbocycles. The van der Waals surface area contributed by atoms with Crippen LogP contribution in [0.2, 0.25) is 0 Å². The number of hydrogen-bond acceptors (Lipinski definition) is 3. The van der Waals surface area contributed by atoms with Crippen LogP contribution in [-0.2, 0) is 0 Å². The Kier molecular flexibility index (Phi) is 3.11. The summed E-state index contributed by atoms with van der Waals surface area (Å²) in [7, 11) is 0. The number of nitrogens with zero attached hydrogens (tertiary/aromatic N) is 2. The second kappa shape index (κ2) is 4.90. The first-order valence-corrected chi connectivity index (χ1v) is 6.52. The van der Waals surface area contributed by atoms with Gasteiger partial charge in [0.15, 0.2) is 0 Å². The second-order valence-electron chi connectivity index (χ2n) is 4.88. The number of piperidine rings is 1. The van der Waals surface area contributed by atoms with Gasteiger partial charge in [0, 0.05) is 36.1 Å². The Morgan fingerprint density at radius 1 is 1.39 bits per heavy atom. The van der Waals surface area contributed by atoms with Crippen LogP contribution in [0.15, 0.2) is 24.5 Å². The third-order valence-corrected chi connectivity index (χ3v) is 3.52. The van der Waals surface area contributed by atoms with E-state index in [1.165, 1.54) is 12.8 Å². The summed E-state index contributed by atoms with van der Waals surface area (Å²) in [5, 5.41) is 3.43. The van der Waals surface area contributed by atoms with E-state index in [1.807, 2.05) is 12.3 Å².